The topological polar surface area (TPSA) is 55.6 Å². The maximum atomic E-state index is 11.5. The third-order valence-electron chi connectivity index (χ3n) is 2.78. The molecule has 0 saturated heterocycles. The van der Waals surface area contributed by atoms with Gasteiger partial charge in [-0.15, -0.1) is 0 Å². The van der Waals surface area contributed by atoms with E-state index < -0.39 is 0 Å². The number of ether oxygens (including phenoxy) is 1. The van der Waals surface area contributed by atoms with Crippen LogP contribution in [0.3, 0.4) is 0 Å². The highest BCUT2D eigenvalue weighted by Gasteiger charge is 2.18. The van der Waals surface area contributed by atoms with E-state index in [0.717, 1.165) is 11.5 Å². The lowest BCUT2D eigenvalue weighted by atomic mass is 10.3. The van der Waals surface area contributed by atoms with E-state index in [1.807, 2.05) is 32.6 Å². The summed E-state index contributed by atoms with van der Waals surface area (Å²) in [4.78, 5) is 17.8. The quantitative estimate of drug-likeness (QED) is 0.727. The van der Waals surface area contributed by atoms with Gasteiger partial charge in [-0.2, -0.15) is 0 Å². The predicted octanol–water partition coefficient (Wildman–Crippen LogP) is 2.06. The number of hydrogen-bond donors (Lipinski definition) is 0. The van der Waals surface area contributed by atoms with E-state index in [4.69, 9.17) is 9.15 Å². The molecule has 0 atom stereocenters. The smallest absolute Gasteiger partial charge is 0.320 e. The Balaban J connectivity index is 2.65. The molecule has 5 nitrogen and oxygen atoms in total. The van der Waals surface area contributed by atoms with Crippen LogP contribution in [0.1, 0.15) is 38.1 Å². The van der Waals surface area contributed by atoms with Crippen LogP contribution in [0.4, 0.5) is 0 Å². The van der Waals surface area contributed by atoms with Gasteiger partial charge in [0, 0.05) is 6.04 Å². The summed E-state index contributed by atoms with van der Waals surface area (Å²) in [6.45, 7) is 10.8. The van der Waals surface area contributed by atoms with Crippen molar-refractivity contribution in [3.05, 3.63) is 17.3 Å². The first-order chi connectivity index (χ1) is 8.43. The van der Waals surface area contributed by atoms with Crippen LogP contribution < -0.4 is 0 Å². The molecule has 0 saturated carbocycles. The van der Waals surface area contributed by atoms with Crippen molar-refractivity contribution in [3.63, 3.8) is 0 Å². The molecule has 5 heteroatoms. The molecule has 0 aliphatic heterocycles. The van der Waals surface area contributed by atoms with Gasteiger partial charge in [0.25, 0.3) is 0 Å². The summed E-state index contributed by atoms with van der Waals surface area (Å²) in [5.74, 6) is 1.25. The molecule has 102 valence electrons. The fourth-order valence-corrected chi connectivity index (χ4v) is 1.57. The number of rotatable bonds is 6. The highest BCUT2D eigenvalue weighted by molar-refractivity contribution is 5.71. The van der Waals surface area contributed by atoms with Gasteiger partial charge in [0.2, 0.25) is 5.89 Å². The standard InChI is InChI=1S/C13H22N2O3/c1-6-17-13(16)8-15(9(2)3)7-12-14-10(4)11(5)18-12/h9H,6-8H2,1-5H3. The van der Waals surface area contributed by atoms with Gasteiger partial charge in [-0.05, 0) is 34.6 Å². The normalized spacial score (nSPS) is 11.3. The van der Waals surface area contributed by atoms with Crippen molar-refractivity contribution >= 4 is 5.97 Å². The number of hydrogen-bond acceptors (Lipinski definition) is 5. The number of carbonyl (C=O) groups is 1. The van der Waals surface area contributed by atoms with E-state index in [9.17, 15) is 4.79 Å². The first-order valence-electron chi connectivity index (χ1n) is 6.26. The molecular weight excluding hydrogens is 232 g/mol. The molecule has 1 aromatic rings. The average Bonchev–Trinajstić information content (AvgIpc) is 2.57. The Hall–Kier alpha value is -1.36. The molecule has 0 aliphatic carbocycles. The van der Waals surface area contributed by atoms with E-state index in [-0.39, 0.29) is 18.6 Å². The molecule has 0 unspecified atom stereocenters. The van der Waals surface area contributed by atoms with Crippen LogP contribution in [0.25, 0.3) is 0 Å². The average molecular weight is 254 g/mol. The Morgan fingerprint density at radius 1 is 1.44 bits per heavy atom. The molecule has 0 aliphatic rings. The number of nitrogens with zero attached hydrogens (tertiary/aromatic N) is 2. The summed E-state index contributed by atoms with van der Waals surface area (Å²) in [7, 11) is 0. The largest absolute Gasteiger partial charge is 0.465 e. The summed E-state index contributed by atoms with van der Waals surface area (Å²) < 4.78 is 10.5. The zero-order chi connectivity index (χ0) is 13.7. The molecule has 1 heterocycles. The zero-order valence-corrected chi connectivity index (χ0v) is 11.8. The van der Waals surface area contributed by atoms with Gasteiger partial charge >= 0.3 is 5.97 Å². The molecule has 18 heavy (non-hydrogen) atoms. The Labute approximate surface area is 108 Å². The van der Waals surface area contributed by atoms with Crippen LogP contribution in [-0.4, -0.2) is 35.0 Å². The maximum Gasteiger partial charge on any atom is 0.320 e. The van der Waals surface area contributed by atoms with Gasteiger partial charge < -0.3 is 9.15 Å². The molecule has 0 radical (unpaired) electrons. The molecule has 1 rings (SSSR count). The Morgan fingerprint density at radius 3 is 2.56 bits per heavy atom. The molecule has 0 N–H and O–H groups in total. The lowest BCUT2D eigenvalue weighted by Gasteiger charge is -2.23. The van der Waals surface area contributed by atoms with E-state index in [2.05, 4.69) is 4.98 Å². The summed E-state index contributed by atoms with van der Waals surface area (Å²) in [6.07, 6.45) is 0. The molecule has 0 aromatic carbocycles. The monoisotopic (exact) mass is 254 g/mol. The first kappa shape index (κ1) is 14.7. The summed E-state index contributed by atoms with van der Waals surface area (Å²) >= 11 is 0. The first-order valence-corrected chi connectivity index (χ1v) is 6.26. The minimum Gasteiger partial charge on any atom is -0.465 e. The van der Waals surface area contributed by atoms with Crippen molar-refractivity contribution in [2.75, 3.05) is 13.2 Å². The van der Waals surface area contributed by atoms with Gasteiger partial charge in [-0.25, -0.2) is 4.98 Å². The minimum absolute atomic E-state index is 0.216. The Bertz CT molecular complexity index is 379. The van der Waals surface area contributed by atoms with Crippen LogP contribution in [0.2, 0.25) is 0 Å². The van der Waals surface area contributed by atoms with Crippen LogP contribution in [-0.2, 0) is 16.1 Å². The van der Waals surface area contributed by atoms with Crippen molar-refractivity contribution < 1.29 is 13.9 Å². The lowest BCUT2D eigenvalue weighted by Crippen LogP contribution is -2.36. The zero-order valence-electron chi connectivity index (χ0n) is 11.8. The van der Waals surface area contributed by atoms with Crippen molar-refractivity contribution in [2.45, 2.75) is 47.2 Å². The van der Waals surface area contributed by atoms with Crippen molar-refractivity contribution in [1.82, 2.24) is 9.88 Å². The minimum atomic E-state index is -0.216. The van der Waals surface area contributed by atoms with Gasteiger partial charge in [-0.1, -0.05) is 0 Å². The van der Waals surface area contributed by atoms with Crippen LogP contribution in [0.15, 0.2) is 4.42 Å². The van der Waals surface area contributed by atoms with E-state index in [1.165, 1.54) is 0 Å². The van der Waals surface area contributed by atoms with Gasteiger partial charge in [-0.3, -0.25) is 9.69 Å². The second kappa shape index (κ2) is 6.54. The highest BCUT2D eigenvalue weighted by atomic mass is 16.5. The number of oxazole rings is 1. The van der Waals surface area contributed by atoms with E-state index in [0.29, 0.717) is 19.0 Å². The fourth-order valence-electron chi connectivity index (χ4n) is 1.57. The summed E-state index contributed by atoms with van der Waals surface area (Å²) in [5.41, 5.74) is 0.893. The SMILES string of the molecule is CCOC(=O)CN(Cc1nc(C)c(C)o1)C(C)C. The number of aryl methyl sites for hydroxylation is 2. The Morgan fingerprint density at radius 2 is 2.11 bits per heavy atom. The summed E-state index contributed by atoms with van der Waals surface area (Å²) in [5, 5.41) is 0. The van der Waals surface area contributed by atoms with Crippen molar-refractivity contribution in [3.8, 4) is 0 Å². The van der Waals surface area contributed by atoms with E-state index >= 15 is 0 Å². The molecule has 0 spiro atoms. The number of esters is 1. The van der Waals surface area contributed by atoms with Gasteiger partial charge in [0.15, 0.2) is 0 Å². The molecule has 0 fully saturated rings. The molecule has 0 amide bonds. The lowest BCUT2D eigenvalue weighted by molar-refractivity contribution is -0.145. The second-order valence-corrected chi connectivity index (χ2v) is 4.55. The molecular formula is C13H22N2O3. The molecule has 0 bridgehead atoms. The van der Waals surface area contributed by atoms with Crippen LogP contribution in [0.5, 0.6) is 0 Å². The van der Waals surface area contributed by atoms with Crippen LogP contribution in [0, 0.1) is 13.8 Å². The second-order valence-electron chi connectivity index (χ2n) is 4.55. The third-order valence-corrected chi connectivity index (χ3v) is 2.78. The third kappa shape index (κ3) is 4.14. The number of aromatic nitrogens is 1. The highest BCUT2D eigenvalue weighted by Crippen LogP contribution is 2.12. The fraction of sp³-hybridized carbons (Fsp3) is 0.692. The van der Waals surface area contributed by atoms with E-state index in [1.54, 1.807) is 6.92 Å². The number of carbonyl (C=O) groups excluding carboxylic acids is 1. The summed E-state index contributed by atoms with van der Waals surface area (Å²) in [6, 6.07) is 0.224. The predicted molar refractivity (Wildman–Crippen MR) is 68.2 cm³/mol. The van der Waals surface area contributed by atoms with Crippen LogP contribution >= 0.6 is 0 Å². The molecule has 1 aromatic heterocycles. The Kier molecular flexibility index (Phi) is 5.34. The van der Waals surface area contributed by atoms with Gasteiger partial charge in [0.05, 0.1) is 25.4 Å². The maximum absolute atomic E-state index is 11.5. The van der Waals surface area contributed by atoms with Gasteiger partial charge in [0.1, 0.15) is 5.76 Å². The van der Waals surface area contributed by atoms with Crippen molar-refractivity contribution in [2.24, 2.45) is 0 Å². The van der Waals surface area contributed by atoms with Crippen molar-refractivity contribution in [1.29, 1.82) is 0 Å².